The number of nitrogens with one attached hydrogen (secondary N) is 1. The van der Waals surface area contributed by atoms with E-state index in [0.29, 0.717) is 31.7 Å². The first-order valence-electron chi connectivity index (χ1n) is 11.0. The van der Waals surface area contributed by atoms with Crippen LogP contribution in [0.3, 0.4) is 0 Å². The zero-order valence-corrected chi connectivity index (χ0v) is 17.9. The predicted molar refractivity (Wildman–Crippen MR) is 116 cm³/mol. The highest BCUT2D eigenvalue weighted by Crippen LogP contribution is 2.43. The monoisotopic (exact) mass is 424 g/mol. The summed E-state index contributed by atoms with van der Waals surface area (Å²) >= 11 is 0. The van der Waals surface area contributed by atoms with Crippen molar-refractivity contribution in [1.82, 2.24) is 10.2 Å². The fourth-order valence-electron chi connectivity index (χ4n) is 4.64. The van der Waals surface area contributed by atoms with E-state index in [1.54, 1.807) is 12.1 Å². The Balaban J connectivity index is 1.53. The molecular weight excluding hydrogens is 395 g/mol. The van der Waals surface area contributed by atoms with Gasteiger partial charge in [0.25, 0.3) is 5.91 Å². The number of halogens is 1. The van der Waals surface area contributed by atoms with E-state index in [-0.39, 0.29) is 18.1 Å². The van der Waals surface area contributed by atoms with Gasteiger partial charge in [-0.2, -0.15) is 0 Å². The third-order valence-electron chi connectivity index (χ3n) is 6.50. The molecule has 4 rings (SSSR count). The largest absolute Gasteiger partial charge is 0.354 e. The Bertz CT molecular complexity index is 925. The highest BCUT2D eigenvalue weighted by Gasteiger charge is 2.53. The van der Waals surface area contributed by atoms with Crippen LogP contribution in [0.25, 0.3) is 0 Å². The molecule has 1 aliphatic heterocycles. The first kappa shape index (κ1) is 21.5. The van der Waals surface area contributed by atoms with Gasteiger partial charge in [-0.15, -0.1) is 0 Å². The zero-order chi connectivity index (χ0) is 21.8. The number of nitrogens with zero attached hydrogens (tertiary/aromatic N) is 1. The maximum absolute atomic E-state index is 14.4. The first-order valence-corrected chi connectivity index (χ1v) is 11.0. The summed E-state index contributed by atoms with van der Waals surface area (Å²) in [6.07, 6.45) is 3.82. The van der Waals surface area contributed by atoms with Crippen LogP contribution in [0.2, 0.25) is 0 Å². The first-order chi connectivity index (χ1) is 15.0. The summed E-state index contributed by atoms with van der Waals surface area (Å²) in [6.45, 7) is 2.77. The molecule has 2 aliphatic rings. The van der Waals surface area contributed by atoms with Crippen molar-refractivity contribution in [2.75, 3.05) is 13.2 Å². The summed E-state index contributed by atoms with van der Waals surface area (Å²) in [6, 6.07) is 15.1. The van der Waals surface area contributed by atoms with E-state index >= 15 is 0 Å². The number of ether oxygens (including phenoxy) is 1. The topological polar surface area (TPSA) is 58.6 Å². The molecule has 1 aliphatic carbocycles. The second-order valence-electron chi connectivity index (χ2n) is 8.64. The van der Waals surface area contributed by atoms with E-state index in [2.05, 4.69) is 12.2 Å². The van der Waals surface area contributed by atoms with Gasteiger partial charge >= 0.3 is 0 Å². The molecule has 0 bridgehead atoms. The molecule has 31 heavy (non-hydrogen) atoms. The molecule has 0 aromatic heterocycles. The highest BCUT2D eigenvalue weighted by molar-refractivity contribution is 5.98. The van der Waals surface area contributed by atoms with Gasteiger partial charge in [0.2, 0.25) is 5.91 Å². The fourth-order valence-corrected chi connectivity index (χ4v) is 4.64. The molecule has 1 atom stereocenters. The highest BCUT2D eigenvalue weighted by atomic mass is 19.1. The summed E-state index contributed by atoms with van der Waals surface area (Å²) < 4.78 is 20.6. The molecule has 1 saturated heterocycles. The summed E-state index contributed by atoms with van der Waals surface area (Å²) in [5, 5.41) is 2.95. The van der Waals surface area contributed by atoms with E-state index in [1.807, 2.05) is 30.3 Å². The van der Waals surface area contributed by atoms with Gasteiger partial charge in [-0.25, -0.2) is 4.39 Å². The lowest BCUT2D eigenvalue weighted by Crippen LogP contribution is -2.57. The summed E-state index contributed by atoms with van der Waals surface area (Å²) in [4.78, 5) is 28.1. The predicted octanol–water partition coefficient (Wildman–Crippen LogP) is 3.93. The van der Waals surface area contributed by atoms with E-state index in [4.69, 9.17) is 4.74 Å². The van der Waals surface area contributed by atoms with Crippen molar-refractivity contribution in [2.45, 2.75) is 50.8 Å². The SMILES string of the molecule is CC1CCC2(CC1)OCC(C(=O)NCCc1ccccc1)N2C(=O)c1ccccc1F. The number of carbonyl (C=O) groups excluding carboxylic acids is 2. The molecule has 2 aromatic rings. The molecule has 164 valence electrons. The Labute approximate surface area is 182 Å². The number of amides is 2. The lowest BCUT2D eigenvalue weighted by Gasteiger charge is -2.43. The molecule has 1 unspecified atom stereocenters. The Morgan fingerprint density at radius 3 is 2.48 bits per heavy atom. The molecule has 2 amide bonds. The zero-order valence-electron chi connectivity index (χ0n) is 17.9. The lowest BCUT2D eigenvalue weighted by molar-refractivity contribution is -0.127. The molecule has 2 aromatic carbocycles. The van der Waals surface area contributed by atoms with Crippen LogP contribution in [0, 0.1) is 11.7 Å². The van der Waals surface area contributed by atoms with E-state index in [9.17, 15) is 14.0 Å². The number of benzene rings is 2. The Kier molecular flexibility index (Phi) is 6.37. The number of hydrogen-bond donors (Lipinski definition) is 1. The molecule has 0 radical (unpaired) electrons. The second-order valence-corrected chi connectivity index (χ2v) is 8.64. The molecule has 1 saturated carbocycles. The van der Waals surface area contributed by atoms with Crippen LogP contribution in [0.5, 0.6) is 0 Å². The van der Waals surface area contributed by atoms with Crippen LogP contribution >= 0.6 is 0 Å². The van der Waals surface area contributed by atoms with Crippen molar-refractivity contribution < 1.29 is 18.7 Å². The van der Waals surface area contributed by atoms with Crippen LogP contribution in [0.1, 0.15) is 48.5 Å². The lowest BCUT2D eigenvalue weighted by atomic mass is 9.83. The second kappa shape index (κ2) is 9.18. The van der Waals surface area contributed by atoms with Crippen molar-refractivity contribution >= 4 is 11.8 Å². The molecule has 6 heteroatoms. The maximum Gasteiger partial charge on any atom is 0.259 e. The minimum absolute atomic E-state index is 0.0203. The van der Waals surface area contributed by atoms with Gasteiger partial charge in [-0.1, -0.05) is 49.4 Å². The molecule has 1 heterocycles. The Hall–Kier alpha value is -2.73. The van der Waals surface area contributed by atoms with Crippen LogP contribution < -0.4 is 5.32 Å². The van der Waals surface area contributed by atoms with Crippen molar-refractivity contribution in [3.63, 3.8) is 0 Å². The minimum atomic E-state index is -0.840. The molecule has 2 fully saturated rings. The number of hydrogen-bond acceptors (Lipinski definition) is 3. The fraction of sp³-hybridized carbons (Fsp3) is 0.440. The average Bonchev–Trinajstić information content (AvgIpc) is 3.15. The van der Waals surface area contributed by atoms with Crippen molar-refractivity contribution in [3.8, 4) is 0 Å². The Morgan fingerprint density at radius 2 is 1.77 bits per heavy atom. The van der Waals surface area contributed by atoms with Gasteiger partial charge in [-0.3, -0.25) is 14.5 Å². The van der Waals surface area contributed by atoms with E-state index in [1.165, 1.54) is 17.0 Å². The van der Waals surface area contributed by atoms with Crippen molar-refractivity contribution in [1.29, 1.82) is 0 Å². The minimum Gasteiger partial charge on any atom is -0.354 e. The van der Waals surface area contributed by atoms with E-state index in [0.717, 1.165) is 18.4 Å². The third-order valence-corrected chi connectivity index (χ3v) is 6.50. The molecule has 5 nitrogen and oxygen atoms in total. The maximum atomic E-state index is 14.4. The normalized spacial score (nSPS) is 25.5. The summed E-state index contributed by atoms with van der Waals surface area (Å²) in [5.74, 6) is -0.773. The van der Waals surface area contributed by atoms with Crippen LogP contribution in [-0.4, -0.2) is 41.6 Å². The van der Waals surface area contributed by atoms with Gasteiger partial charge in [0.15, 0.2) is 0 Å². The molecule has 1 spiro atoms. The quantitative estimate of drug-likeness (QED) is 0.791. The molecule has 1 N–H and O–H groups in total. The summed E-state index contributed by atoms with van der Waals surface area (Å²) in [7, 11) is 0. The smallest absolute Gasteiger partial charge is 0.259 e. The average molecular weight is 425 g/mol. The van der Waals surface area contributed by atoms with Gasteiger partial charge < -0.3 is 10.1 Å². The van der Waals surface area contributed by atoms with Gasteiger partial charge in [0, 0.05) is 6.54 Å². The van der Waals surface area contributed by atoms with E-state index < -0.39 is 23.5 Å². The summed E-state index contributed by atoms with van der Waals surface area (Å²) in [5.41, 5.74) is 0.267. The van der Waals surface area contributed by atoms with Crippen molar-refractivity contribution in [2.24, 2.45) is 5.92 Å². The molecular formula is C25H29FN2O3. The van der Waals surface area contributed by atoms with Crippen LogP contribution in [0.4, 0.5) is 4.39 Å². The number of carbonyl (C=O) groups is 2. The van der Waals surface area contributed by atoms with Gasteiger partial charge in [0.05, 0.1) is 12.2 Å². The van der Waals surface area contributed by atoms with Gasteiger partial charge in [0.1, 0.15) is 17.6 Å². The standard InChI is InChI=1S/C25H29FN2O3/c1-18-11-14-25(15-12-18)28(24(30)20-9-5-6-10-21(20)26)22(17-31-25)23(29)27-16-13-19-7-3-2-4-8-19/h2-10,18,22H,11-17H2,1H3,(H,27,29). The van der Waals surface area contributed by atoms with Gasteiger partial charge in [-0.05, 0) is 55.7 Å². The van der Waals surface area contributed by atoms with Crippen molar-refractivity contribution in [3.05, 3.63) is 71.5 Å². The Morgan fingerprint density at radius 1 is 1.10 bits per heavy atom. The van der Waals surface area contributed by atoms with Crippen LogP contribution in [0.15, 0.2) is 54.6 Å². The third kappa shape index (κ3) is 4.49. The number of rotatable bonds is 5. The van der Waals surface area contributed by atoms with Crippen LogP contribution in [-0.2, 0) is 16.0 Å².